The van der Waals surface area contributed by atoms with Crippen molar-refractivity contribution in [2.75, 3.05) is 10.6 Å². The summed E-state index contributed by atoms with van der Waals surface area (Å²) in [5.41, 5.74) is 1.80. The lowest BCUT2D eigenvalue weighted by Gasteiger charge is -2.19. The standard InChI is InChI=1S/C28H29FN4O5/c1-28(2,3)38-27(37)31-16-19-6-11-21(12-7-19)32-25(35)20-8-13-23(24(29)14-20)26(36)33-22-9-4-18(5-10-22)15-30-17-34/h4-14,17H,15-16H2,1-3H3,(H,30,34)(H,31,37)(H,32,35)(H,33,36). The zero-order valence-electron chi connectivity index (χ0n) is 21.3. The first-order chi connectivity index (χ1) is 18.0. The Kier molecular flexibility index (Phi) is 9.15. The third-order valence-electron chi connectivity index (χ3n) is 5.12. The minimum absolute atomic E-state index is 0.0433. The quantitative estimate of drug-likeness (QED) is 0.307. The fraction of sp³-hybridized carbons (Fsp3) is 0.214. The average Bonchev–Trinajstić information content (AvgIpc) is 2.86. The minimum atomic E-state index is -0.842. The third kappa shape index (κ3) is 8.44. The normalized spacial score (nSPS) is 10.7. The maximum Gasteiger partial charge on any atom is 0.407 e. The van der Waals surface area contributed by atoms with E-state index in [0.717, 1.165) is 17.2 Å². The molecule has 9 nitrogen and oxygen atoms in total. The lowest BCUT2D eigenvalue weighted by molar-refractivity contribution is -0.109. The molecule has 10 heteroatoms. The van der Waals surface area contributed by atoms with Gasteiger partial charge in [0.1, 0.15) is 11.4 Å². The summed E-state index contributed by atoms with van der Waals surface area (Å²) in [6.07, 6.45) is 0.0583. The Morgan fingerprint density at radius 1 is 0.816 bits per heavy atom. The molecule has 0 saturated carbocycles. The van der Waals surface area contributed by atoms with Crippen molar-refractivity contribution in [3.63, 3.8) is 0 Å². The minimum Gasteiger partial charge on any atom is -0.444 e. The van der Waals surface area contributed by atoms with Crippen LogP contribution in [0, 0.1) is 5.82 Å². The Balaban J connectivity index is 1.56. The molecule has 0 heterocycles. The van der Waals surface area contributed by atoms with Gasteiger partial charge in [-0.05, 0) is 74.4 Å². The van der Waals surface area contributed by atoms with Crippen LogP contribution in [0.5, 0.6) is 0 Å². The zero-order valence-corrected chi connectivity index (χ0v) is 21.3. The summed E-state index contributed by atoms with van der Waals surface area (Å²) in [5.74, 6) is -2.05. The van der Waals surface area contributed by atoms with E-state index in [1.807, 2.05) is 0 Å². The van der Waals surface area contributed by atoms with Gasteiger partial charge in [-0.15, -0.1) is 0 Å². The van der Waals surface area contributed by atoms with E-state index in [2.05, 4.69) is 21.3 Å². The number of ether oxygens (including phenoxy) is 1. The van der Waals surface area contributed by atoms with Gasteiger partial charge >= 0.3 is 6.09 Å². The molecule has 0 radical (unpaired) electrons. The van der Waals surface area contributed by atoms with Gasteiger partial charge in [-0.1, -0.05) is 24.3 Å². The second-order valence-electron chi connectivity index (χ2n) is 9.35. The summed E-state index contributed by atoms with van der Waals surface area (Å²) in [5, 5.41) is 10.5. The van der Waals surface area contributed by atoms with Crippen LogP contribution in [0.3, 0.4) is 0 Å². The molecule has 198 valence electrons. The monoisotopic (exact) mass is 520 g/mol. The van der Waals surface area contributed by atoms with E-state index in [0.29, 0.717) is 24.3 Å². The van der Waals surface area contributed by atoms with Crippen LogP contribution in [0.2, 0.25) is 0 Å². The van der Waals surface area contributed by atoms with Crippen LogP contribution < -0.4 is 21.3 Å². The van der Waals surface area contributed by atoms with E-state index in [-0.39, 0.29) is 17.7 Å². The van der Waals surface area contributed by atoms with Crippen molar-refractivity contribution in [1.82, 2.24) is 10.6 Å². The Morgan fingerprint density at radius 3 is 1.89 bits per heavy atom. The number of amides is 4. The fourth-order valence-corrected chi connectivity index (χ4v) is 3.30. The molecule has 38 heavy (non-hydrogen) atoms. The first-order valence-electron chi connectivity index (χ1n) is 11.8. The third-order valence-corrected chi connectivity index (χ3v) is 5.12. The van der Waals surface area contributed by atoms with Crippen molar-refractivity contribution in [3.8, 4) is 0 Å². The largest absolute Gasteiger partial charge is 0.444 e. The summed E-state index contributed by atoms with van der Waals surface area (Å²) in [7, 11) is 0. The molecule has 0 bridgehead atoms. The summed E-state index contributed by atoms with van der Waals surface area (Å²) < 4.78 is 19.9. The summed E-state index contributed by atoms with van der Waals surface area (Å²) in [6.45, 7) is 5.92. The molecule has 0 aromatic heterocycles. The van der Waals surface area contributed by atoms with Gasteiger partial charge in [0.2, 0.25) is 6.41 Å². The van der Waals surface area contributed by atoms with Gasteiger partial charge in [-0.3, -0.25) is 14.4 Å². The molecular weight excluding hydrogens is 491 g/mol. The SMILES string of the molecule is CC(C)(C)OC(=O)NCc1ccc(NC(=O)c2ccc(C(=O)Nc3ccc(CNC=O)cc3)c(F)c2)cc1. The number of hydrogen-bond acceptors (Lipinski definition) is 5. The van der Waals surface area contributed by atoms with Crippen LogP contribution >= 0.6 is 0 Å². The van der Waals surface area contributed by atoms with Crippen molar-refractivity contribution in [2.24, 2.45) is 0 Å². The fourth-order valence-electron chi connectivity index (χ4n) is 3.30. The lowest BCUT2D eigenvalue weighted by Crippen LogP contribution is -2.32. The Hall–Kier alpha value is -4.73. The maximum atomic E-state index is 14.7. The van der Waals surface area contributed by atoms with Crippen molar-refractivity contribution in [1.29, 1.82) is 0 Å². The molecule has 0 aliphatic rings. The molecule has 0 unspecified atom stereocenters. The van der Waals surface area contributed by atoms with Crippen LogP contribution in [0.25, 0.3) is 0 Å². The van der Waals surface area contributed by atoms with E-state index in [1.165, 1.54) is 12.1 Å². The molecule has 3 aromatic carbocycles. The highest BCUT2D eigenvalue weighted by Gasteiger charge is 2.17. The molecule has 0 atom stereocenters. The Labute approximate surface area is 219 Å². The van der Waals surface area contributed by atoms with Crippen molar-refractivity contribution in [2.45, 2.75) is 39.5 Å². The summed E-state index contributed by atoms with van der Waals surface area (Å²) >= 11 is 0. The predicted octanol–water partition coefficient (Wildman–Crippen LogP) is 4.60. The summed E-state index contributed by atoms with van der Waals surface area (Å²) in [4.78, 5) is 47.3. The lowest BCUT2D eigenvalue weighted by atomic mass is 10.1. The highest BCUT2D eigenvalue weighted by atomic mass is 19.1. The van der Waals surface area contributed by atoms with E-state index < -0.39 is 29.3 Å². The van der Waals surface area contributed by atoms with Crippen molar-refractivity contribution in [3.05, 3.63) is 94.8 Å². The van der Waals surface area contributed by atoms with Gasteiger partial charge in [0.25, 0.3) is 11.8 Å². The number of nitrogens with one attached hydrogen (secondary N) is 4. The molecule has 4 N–H and O–H groups in total. The van der Waals surface area contributed by atoms with Crippen molar-refractivity contribution < 1.29 is 28.3 Å². The number of hydrogen-bond donors (Lipinski definition) is 4. The van der Waals surface area contributed by atoms with E-state index in [9.17, 15) is 23.6 Å². The molecule has 0 spiro atoms. The van der Waals surface area contributed by atoms with Crippen LogP contribution in [-0.2, 0) is 22.6 Å². The van der Waals surface area contributed by atoms with Gasteiger partial charge in [-0.2, -0.15) is 0 Å². The van der Waals surface area contributed by atoms with Crippen LogP contribution in [-0.4, -0.2) is 29.9 Å². The number of benzene rings is 3. The van der Waals surface area contributed by atoms with Gasteiger partial charge in [0, 0.05) is 30.0 Å². The Bertz CT molecular complexity index is 1300. The van der Waals surface area contributed by atoms with Crippen LogP contribution in [0.1, 0.15) is 52.6 Å². The molecule has 3 aromatic rings. The molecule has 0 aliphatic carbocycles. The predicted molar refractivity (Wildman–Crippen MR) is 141 cm³/mol. The summed E-state index contributed by atoms with van der Waals surface area (Å²) in [6, 6.07) is 17.1. The smallest absolute Gasteiger partial charge is 0.407 e. The average molecular weight is 521 g/mol. The first-order valence-corrected chi connectivity index (χ1v) is 11.8. The number of carbonyl (C=O) groups excluding carboxylic acids is 4. The molecule has 0 aliphatic heterocycles. The molecule has 4 amide bonds. The first kappa shape index (κ1) is 27.9. The second kappa shape index (κ2) is 12.5. The molecular formula is C28H29FN4O5. The van der Waals surface area contributed by atoms with Crippen LogP contribution in [0.4, 0.5) is 20.6 Å². The van der Waals surface area contributed by atoms with Crippen LogP contribution in [0.15, 0.2) is 66.7 Å². The van der Waals surface area contributed by atoms with Gasteiger partial charge in [-0.25, -0.2) is 9.18 Å². The van der Waals surface area contributed by atoms with Gasteiger partial charge < -0.3 is 26.0 Å². The molecule has 0 fully saturated rings. The van der Waals surface area contributed by atoms with Crippen molar-refractivity contribution >= 4 is 35.7 Å². The number of halogens is 1. The Morgan fingerprint density at radius 2 is 1.37 bits per heavy atom. The van der Waals surface area contributed by atoms with E-state index in [4.69, 9.17) is 4.74 Å². The molecule has 3 rings (SSSR count). The van der Waals surface area contributed by atoms with E-state index in [1.54, 1.807) is 69.3 Å². The second-order valence-corrected chi connectivity index (χ2v) is 9.35. The number of carbonyl (C=O) groups is 4. The highest BCUT2D eigenvalue weighted by molar-refractivity contribution is 6.07. The molecule has 0 saturated heterocycles. The van der Waals surface area contributed by atoms with Gasteiger partial charge in [0.15, 0.2) is 0 Å². The number of rotatable bonds is 9. The highest BCUT2D eigenvalue weighted by Crippen LogP contribution is 2.17. The number of anilines is 2. The topological polar surface area (TPSA) is 126 Å². The van der Waals surface area contributed by atoms with Gasteiger partial charge in [0.05, 0.1) is 5.56 Å². The van der Waals surface area contributed by atoms with E-state index >= 15 is 0 Å². The number of alkyl carbamates (subject to hydrolysis) is 1. The zero-order chi connectivity index (χ0) is 27.7. The maximum absolute atomic E-state index is 14.7.